The van der Waals surface area contributed by atoms with Crippen molar-refractivity contribution in [3.05, 3.63) is 29.3 Å². The summed E-state index contributed by atoms with van der Waals surface area (Å²) in [5.41, 5.74) is 2.58. The lowest BCUT2D eigenvalue weighted by atomic mass is 10.1. The summed E-state index contributed by atoms with van der Waals surface area (Å²) in [7, 11) is 0. The van der Waals surface area contributed by atoms with Crippen molar-refractivity contribution in [3.63, 3.8) is 0 Å². The van der Waals surface area contributed by atoms with Crippen LogP contribution in [0.4, 0.5) is 0 Å². The van der Waals surface area contributed by atoms with Crippen molar-refractivity contribution in [3.8, 4) is 5.75 Å². The van der Waals surface area contributed by atoms with Gasteiger partial charge in [-0.15, -0.1) is 0 Å². The molecule has 1 rings (SSSR count). The molecule has 0 unspecified atom stereocenters. The van der Waals surface area contributed by atoms with Gasteiger partial charge in [0.1, 0.15) is 5.75 Å². The van der Waals surface area contributed by atoms with Crippen molar-refractivity contribution in [1.82, 2.24) is 0 Å². The second-order valence-electron chi connectivity index (χ2n) is 4.24. The van der Waals surface area contributed by atoms with Gasteiger partial charge in [0, 0.05) is 5.56 Å². The highest BCUT2D eigenvalue weighted by Gasteiger charge is 2.07. The Balaban J connectivity index is 2.77. The van der Waals surface area contributed by atoms with Gasteiger partial charge in [0.05, 0.1) is 12.3 Å². The first-order valence-electron chi connectivity index (χ1n) is 6.11. The molecule has 1 N–H and O–H groups in total. The number of benzene rings is 1. The van der Waals surface area contributed by atoms with Crippen LogP contribution in [0.2, 0.25) is 0 Å². The second kappa shape index (κ2) is 6.94. The number of nitrogens with zero attached hydrogens (tertiary/aromatic N) is 1. The first-order valence-corrected chi connectivity index (χ1v) is 6.11. The molecule has 0 amide bonds. The summed E-state index contributed by atoms with van der Waals surface area (Å²) in [5.74, 6) is 0.802. The molecule has 1 aromatic rings. The Bertz CT molecular complexity index is 386. The molecule has 17 heavy (non-hydrogen) atoms. The Hall–Kier alpha value is -1.51. The average molecular weight is 235 g/mol. The van der Waals surface area contributed by atoms with Crippen LogP contribution in [0.25, 0.3) is 0 Å². The summed E-state index contributed by atoms with van der Waals surface area (Å²) in [6.07, 6.45) is 3.41. The molecule has 0 aliphatic rings. The molecular weight excluding hydrogens is 214 g/mol. The van der Waals surface area contributed by atoms with E-state index < -0.39 is 0 Å². The maximum Gasteiger partial charge on any atom is 0.128 e. The van der Waals surface area contributed by atoms with E-state index in [4.69, 9.17) is 9.94 Å². The van der Waals surface area contributed by atoms with Gasteiger partial charge in [0.15, 0.2) is 0 Å². The predicted octanol–water partition coefficient (Wildman–Crippen LogP) is 3.76. The first-order chi connectivity index (χ1) is 8.19. The standard InChI is InChI=1S/C14H21NO2/c1-4-5-6-9-17-14-10-11(2)7-8-13(14)12(3)15-16/h7-8,10,16H,4-6,9H2,1-3H3. The fourth-order valence-corrected chi connectivity index (χ4v) is 1.64. The molecule has 0 fully saturated rings. The zero-order chi connectivity index (χ0) is 12.7. The zero-order valence-corrected chi connectivity index (χ0v) is 10.9. The maximum atomic E-state index is 8.82. The van der Waals surface area contributed by atoms with Gasteiger partial charge in [-0.3, -0.25) is 0 Å². The van der Waals surface area contributed by atoms with Gasteiger partial charge in [-0.1, -0.05) is 31.0 Å². The number of aryl methyl sites for hydroxylation is 1. The van der Waals surface area contributed by atoms with Crippen LogP contribution in [-0.2, 0) is 0 Å². The Morgan fingerprint density at radius 3 is 2.76 bits per heavy atom. The van der Waals surface area contributed by atoms with Crippen LogP contribution in [0.3, 0.4) is 0 Å². The number of ether oxygens (including phenoxy) is 1. The van der Waals surface area contributed by atoms with E-state index in [1.54, 1.807) is 6.92 Å². The van der Waals surface area contributed by atoms with Crippen molar-refractivity contribution in [2.24, 2.45) is 5.16 Å². The third-order valence-corrected chi connectivity index (χ3v) is 2.68. The average Bonchev–Trinajstić information content (AvgIpc) is 2.34. The van der Waals surface area contributed by atoms with Gasteiger partial charge in [0.2, 0.25) is 0 Å². The van der Waals surface area contributed by atoms with Gasteiger partial charge in [-0.05, 0) is 38.0 Å². The van der Waals surface area contributed by atoms with Gasteiger partial charge in [-0.2, -0.15) is 0 Å². The molecule has 0 saturated carbocycles. The topological polar surface area (TPSA) is 41.8 Å². The molecule has 0 bridgehead atoms. The van der Waals surface area contributed by atoms with Crippen LogP contribution in [0.5, 0.6) is 5.75 Å². The van der Waals surface area contributed by atoms with Gasteiger partial charge in [0.25, 0.3) is 0 Å². The highest BCUT2D eigenvalue weighted by Crippen LogP contribution is 2.21. The molecule has 0 aliphatic carbocycles. The van der Waals surface area contributed by atoms with Crippen LogP contribution in [0, 0.1) is 6.92 Å². The fraction of sp³-hybridized carbons (Fsp3) is 0.500. The van der Waals surface area contributed by atoms with Crippen LogP contribution in [0.1, 0.15) is 44.2 Å². The van der Waals surface area contributed by atoms with E-state index in [1.807, 2.05) is 25.1 Å². The highest BCUT2D eigenvalue weighted by molar-refractivity contribution is 6.00. The molecule has 0 spiro atoms. The van der Waals surface area contributed by atoms with Crippen LogP contribution in [-0.4, -0.2) is 17.5 Å². The summed E-state index contributed by atoms with van der Waals surface area (Å²) < 4.78 is 5.75. The van der Waals surface area contributed by atoms with E-state index in [9.17, 15) is 0 Å². The Labute approximate surface area is 103 Å². The smallest absolute Gasteiger partial charge is 0.128 e. The lowest BCUT2D eigenvalue weighted by Gasteiger charge is -2.11. The van der Waals surface area contributed by atoms with Crippen molar-refractivity contribution in [1.29, 1.82) is 0 Å². The molecule has 0 heterocycles. The Morgan fingerprint density at radius 2 is 2.12 bits per heavy atom. The van der Waals surface area contributed by atoms with Crippen molar-refractivity contribution in [2.45, 2.75) is 40.0 Å². The molecule has 0 aliphatic heterocycles. The number of hydrogen-bond acceptors (Lipinski definition) is 3. The van der Waals surface area contributed by atoms with Crippen LogP contribution in [0.15, 0.2) is 23.4 Å². The van der Waals surface area contributed by atoms with E-state index in [1.165, 1.54) is 12.8 Å². The SMILES string of the molecule is CCCCCOc1cc(C)ccc1C(C)=NO. The fourth-order valence-electron chi connectivity index (χ4n) is 1.64. The quantitative estimate of drug-likeness (QED) is 0.353. The molecular formula is C14H21NO2. The minimum absolute atomic E-state index is 0.579. The minimum atomic E-state index is 0.579. The van der Waals surface area contributed by atoms with Crippen molar-refractivity contribution >= 4 is 5.71 Å². The predicted molar refractivity (Wildman–Crippen MR) is 70.2 cm³/mol. The first kappa shape index (κ1) is 13.6. The van der Waals surface area contributed by atoms with E-state index in [0.717, 1.165) is 23.3 Å². The lowest BCUT2D eigenvalue weighted by molar-refractivity contribution is 0.303. The monoisotopic (exact) mass is 235 g/mol. The van der Waals surface area contributed by atoms with E-state index in [-0.39, 0.29) is 0 Å². The van der Waals surface area contributed by atoms with Gasteiger partial charge >= 0.3 is 0 Å². The normalized spacial score (nSPS) is 11.6. The van der Waals surface area contributed by atoms with Gasteiger partial charge in [-0.25, -0.2) is 0 Å². The van der Waals surface area contributed by atoms with Crippen molar-refractivity contribution in [2.75, 3.05) is 6.61 Å². The molecule has 3 nitrogen and oxygen atoms in total. The van der Waals surface area contributed by atoms with E-state index in [0.29, 0.717) is 12.3 Å². The third kappa shape index (κ3) is 4.10. The highest BCUT2D eigenvalue weighted by atomic mass is 16.5. The summed E-state index contributed by atoms with van der Waals surface area (Å²) >= 11 is 0. The summed E-state index contributed by atoms with van der Waals surface area (Å²) in [4.78, 5) is 0. The molecule has 1 aromatic carbocycles. The third-order valence-electron chi connectivity index (χ3n) is 2.68. The zero-order valence-electron chi connectivity index (χ0n) is 10.9. The lowest BCUT2D eigenvalue weighted by Crippen LogP contribution is -2.04. The maximum absolute atomic E-state index is 8.82. The molecule has 0 radical (unpaired) electrons. The molecule has 0 saturated heterocycles. The summed E-state index contributed by atoms with van der Waals surface area (Å²) in [5, 5.41) is 12.1. The second-order valence-corrected chi connectivity index (χ2v) is 4.24. The van der Waals surface area contributed by atoms with Gasteiger partial charge < -0.3 is 9.94 Å². The van der Waals surface area contributed by atoms with Crippen molar-refractivity contribution < 1.29 is 9.94 Å². The Kier molecular flexibility index (Phi) is 5.53. The number of unbranched alkanes of at least 4 members (excludes halogenated alkanes) is 2. The largest absolute Gasteiger partial charge is 0.493 e. The van der Waals surface area contributed by atoms with E-state index in [2.05, 4.69) is 12.1 Å². The van der Waals surface area contributed by atoms with Crippen LogP contribution < -0.4 is 4.74 Å². The molecule has 0 aromatic heterocycles. The minimum Gasteiger partial charge on any atom is -0.493 e. The summed E-state index contributed by atoms with van der Waals surface area (Å²) in [6.45, 7) is 6.67. The number of oxime groups is 1. The Morgan fingerprint density at radius 1 is 1.35 bits per heavy atom. The molecule has 3 heteroatoms. The van der Waals surface area contributed by atoms with E-state index >= 15 is 0 Å². The molecule has 0 atom stereocenters. The van der Waals surface area contributed by atoms with Crippen LogP contribution >= 0.6 is 0 Å². The number of hydrogen-bond donors (Lipinski definition) is 1. The summed E-state index contributed by atoms with van der Waals surface area (Å²) in [6, 6.07) is 5.90. The molecule has 94 valence electrons. The number of rotatable bonds is 6.